The highest BCUT2D eigenvalue weighted by Crippen LogP contribution is 2.19. The normalized spacial score (nSPS) is 20.0. The molecule has 0 spiro atoms. The number of carbonyl (C=O) groups is 1. The smallest absolute Gasteiger partial charge is 0.237 e. The van der Waals surface area contributed by atoms with Crippen LogP contribution in [0.4, 0.5) is 0 Å². The quantitative estimate of drug-likeness (QED) is 0.756. The molecule has 0 bridgehead atoms. The predicted molar refractivity (Wildman–Crippen MR) is 74.5 cm³/mol. The molecule has 5 heteroatoms. The fraction of sp³-hybridized carbons (Fsp3) is 0.917. The summed E-state index contributed by atoms with van der Waals surface area (Å²) in [7, 11) is 0. The Morgan fingerprint density at radius 3 is 2.59 bits per heavy atom. The molecule has 1 rings (SSSR count). The summed E-state index contributed by atoms with van der Waals surface area (Å²) in [4.78, 5) is 14.3. The molecule has 1 aliphatic heterocycles. The third-order valence-electron chi connectivity index (χ3n) is 3.32. The van der Waals surface area contributed by atoms with E-state index in [1.165, 1.54) is 0 Å². The van der Waals surface area contributed by atoms with Gasteiger partial charge in [0, 0.05) is 37.5 Å². The van der Waals surface area contributed by atoms with E-state index >= 15 is 0 Å². The summed E-state index contributed by atoms with van der Waals surface area (Å²) in [6.07, 6.45) is 2.08. The molecule has 0 aliphatic carbocycles. The average molecular weight is 259 g/mol. The summed E-state index contributed by atoms with van der Waals surface area (Å²) in [6, 6.07) is -0.0187. The van der Waals surface area contributed by atoms with E-state index in [-0.39, 0.29) is 16.7 Å². The summed E-state index contributed by atoms with van der Waals surface area (Å²) >= 11 is 1.78. The van der Waals surface area contributed by atoms with Crippen LogP contribution in [0.1, 0.15) is 20.8 Å². The largest absolute Gasteiger partial charge is 0.353 e. The molecule has 2 N–H and O–H groups in total. The third-order valence-corrected chi connectivity index (χ3v) is 4.57. The van der Waals surface area contributed by atoms with Crippen LogP contribution in [-0.4, -0.2) is 60.6 Å². The second-order valence-corrected chi connectivity index (χ2v) is 6.66. The number of hydrogen-bond acceptors (Lipinski definition) is 4. The van der Waals surface area contributed by atoms with Crippen molar-refractivity contribution < 1.29 is 4.79 Å². The second-order valence-electron chi connectivity index (χ2n) is 5.14. The standard InChI is InChI=1S/C12H25N3OS/c1-10(15-7-5-13-6-8-15)11(16)14-9-12(2,3)17-4/h10,13H,5-9H2,1-4H3,(H,14,16). The average Bonchev–Trinajstić information content (AvgIpc) is 2.36. The number of carbonyl (C=O) groups excluding carboxylic acids is 1. The van der Waals surface area contributed by atoms with E-state index in [9.17, 15) is 4.79 Å². The SMILES string of the molecule is CSC(C)(C)CNC(=O)C(C)N1CCNCC1. The van der Waals surface area contributed by atoms with Gasteiger partial charge in [-0.15, -0.1) is 0 Å². The molecular formula is C12H25N3OS. The minimum atomic E-state index is -0.0187. The van der Waals surface area contributed by atoms with E-state index in [2.05, 4.69) is 35.6 Å². The highest BCUT2D eigenvalue weighted by Gasteiger charge is 2.24. The number of piperazine rings is 1. The molecule has 0 aromatic heterocycles. The Morgan fingerprint density at radius 1 is 1.47 bits per heavy atom. The number of hydrogen-bond donors (Lipinski definition) is 2. The first-order valence-electron chi connectivity index (χ1n) is 6.24. The number of nitrogens with one attached hydrogen (secondary N) is 2. The first-order valence-corrected chi connectivity index (χ1v) is 7.46. The summed E-state index contributed by atoms with van der Waals surface area (Å²) < 4.78 is 0.110. The van der Waals surface area contributed by atoms with Crippen molar-refractivity contribution in [2.75, 3.05) is 39.0 Å². The lowest BCUT2D eigenvalue weighted by Crippen LogP contribution is -2.53. The van der Waals surface area contributed by atoms with Gasteiger partial charge in [0.05, 0.1) is 6.04 Å². The number of nitrogens with zero attached hydrogens (tertiary/aromatic N) is 1. The molecule has 0 aromatic rings. The molecule has 17 heavy (non-hydrogen) atoms. The maximum atomic E-state index is 12.0. The van der Waals surface area contributed by atoms with E-state index in [0.29, 0.717) is 0 Å². The predicted octanol–water partition coefficient (Wildman–Crippen LogP) is 0.538. The van der Waals surface area contributed by atoms with Crippen LogP contribution >= 0.6 is 11.8 Å². The van der Waals surface area contributed by atoms with Crippen molar-refractivity contribution in [3.05, 3.63) is 0 Å². The van der Waals surface area contributed by atoms with Crippen LogP contribution in [0.5, 0.6) is 0 Å². The third kappa shape index (κ3) is 4.85. The van der Waals surface area contributed by atoms with Gasteiger partial charge in [0.25, 0.3) is 0 Å². The zero-order valence-electron chi connectivity index (χ0n) is 11.4. The van der Waals surface area contributed by atoms with Crippen LogP contribution in [0.3, 0.4) is 0 Å². The van der Waals surface area contributed by atoms with Gasteiger partial charge >= 0.3 is 0 Å². The van der Waals surface area contributed by atoms with E-state index in [1.807, 2.05) is 6.92 Å². The minimum Gasteiger partial charge on any atom is -0.353 e. The lowest BCUT2D eigenvalue weighted by molar-refractivity contribution is -0.126. The Hall–Kier alpha value is -0.260. The lowest BCUT2D eigenvalue weighted by Gasteiger charge is -2.32. The van der Waals surface area contributed by atoms with Crippen LogP contribution in [0, 0.1) is 0 Å². The Labute approximate surface area is 109 Å². The lowest BCUT2D eigenvalue weighted by atomic mass is 10.2. The minimum absolute atomic E-state index is 0.0187. The summed E-state index contributed by atoms with van der Waals surface area (Å²) in [5.41, 5.74) is 0. The van der Waals surface area contributed by atoms with Crippen LogP contribution < -0.4 is 10.6 Å². The molecule has 100 valence electrons. The van der Waals surface area contributed by atoms with Crippen molar-refractivity contribution in [2.24, 2.45) is 0 Å². The Morgan fingerprint density at radius 2 is 2.06 bits per heavy atom. The molecule has 1 heterocycles. The summed E-state index contributed by atoms with van der Waals surface area (Å²) in [5.74, 6) is 0.147. The second kappa shape index (κ2) is 6.61. The highest BCUT2D eigenvalue weighted by molar-refractivity contribution is 7.99. The van der Waals surface area contributed by atoms with Gasteiger partial charge in [-0.25, -0.2) is 0 Å². The maximum absolute atomic E-state index is 12.0. The van der Waals surface area contributed by atoms with E-state index in [1.54, 1.807) is 11.8 Å². The van der Waals surface area contributed by atoms with Crippen molar-refractivity contribution in [1.29, 1.82) is 0 Å². The molecule has 1 saturated heterocycles. The molecular weight excluding hydrogens is 234 g/mol. The van der Waals surface area contributed by atoms with Gasteiger partial charge in [0.1, 0.15) is 0 Å². The molecule has 0 saturated carbocycles. The van der Waals surface area contributed by atoms with Gasteiger partial charge in [0.15, 0.2) is 0 Å². The Kier molecular flexibility index (Phi) is 5.76. The van der Waals surface area contributed by atoms with Gasteiger partial charge in [-0.3, -0.25) is 9.69 Å². The summed E-state index contributed by atoms with van der Waals surface area (Å²) in [5, 5.41) is 6.35. The van der Waals surface area contributed by atoms with Crippen molar-refractivity contribution in [1.82, 2.24) is 15.5 Å². The van der Waals surface area contributed by atoms with E-state index in [4.69, 9.17) is 0 Å². The zero-order valence-corrected chi connectivity index (χ0v) is 12.2. The Balaban J connectivity index is 2.36. The fourth-order valence-corrected chi connectivity index (χ4v) is 1.97. The highest BCUT2D eigenvalue weighted by atomic mass is 32.2. The van der Waals surface area contributed by atoms with Gasteiger partial charge in [-0.2, -0.15) is 11.8 Å². The molecule has 1 aliphatic rings. The zero-order chi connectivity index (χ0) is 12.9. The van der Waals surface area contributed by atoms with Crippen molar-refractivity contribution in [2.45, 2.75) is 31.6 Å². The first kappa shape index (κ1) is 14.8. The molecule has 1 atom stereocenters. The van der Waals surface area contributed by atoms with Gasteiger partial charge in [-0.05, 0) is 27.0 Å². The monoisotopic (exact) mass is 259 g/mol. The van der Waals surface area contributed by atoms with Gasteiger partial charge in [0.2, 0.25) is 5.91 Å². The number of amides is 1. The van der Waals surface area contributed by atoms with Crippen LogP contribution in [0.2, 0.25) is 0 Å². The fourth-order valence-electron chi connectivity index (χ4n) is 1.76. The van der Waals surface area contributed by atoms with Crippen molar-refractivity contribution in [3.63, 3.8) is 0 Å². The van der Waals surface area contributed by atoms with E-state index < -0.39 is 0 Å². The first-order chi connectivity index (χ1) is 7.96. The maximum Gasteiger partial charge on any atom is 0.237 e. The van der Waals surface area contributed by atoms with E-state index in [0.717, 1.165) is 32.7 Å². The number of thioether (sulfide) groups is 1. The molecule has 1 amide bonds. The Bertz CT molecular complexity index is 252. The topological polar surface area (TPSA) is 44.4 Å². The molecule has 1 fully saturated rings. The van der Waals surface area contributed by atoms with Crippen molar-refractivity contribution >= 4 is 17.7 Å². The molecule has 4 nitrogen and oxygen atoms in total. The van der Waals surface area contributed by atoms with Crippen LogP contribution in [0.25, 0.3) is 0 Å². The van der Waals surface area contributed by atoms with Crippen LogP contribution in [0.15, 0.2) is 0 Å². The van der Waals surface area contributed by atoms with Crippen LogP contribution in [-0.2, 0) is 4.79 Å². The van der Waals surface area contributed by atoms with Gasteiger partial charge in [-0.1, -0.05) is 0 Å². The van der Waals surface area contributed by atoms with Gasteiger partial charge < -0.3 is 10.6 Å². The molecule has 0 radical (unpaired) electrons. The molecule has 0 aromatic carbocycles. The number of rotatable bonds is 5. The van der Waals surface area contributed by atoms with Crippen molar-refractivity contribution in [3.8, 4) is 0 Å². The summed E-state index contributed by atoms with van der Waals surface area (Å²) in [6.45, 7) is 10.9. The molecule has 1 unspecified atom stereocenters.